The second kappa shape index (κ2) is 6.87. The number of morpholine rings is 1. The molecular formula is C13H16BrNO5S. The highest BCUT2D eigenvalue weighted by Crippen LogP contribution is 2.24. The second-order valence-corrected chi connectivity index (χ2v) is 7.17. The van der Waals surface area contributed by atoms with Crippen molar-refractivity contribution in [2.24, 2.45) is 0 Å². The number of rotatable bonds is 4. The first-order chi connectivity index (χ1) is 9.96. The maximum Gasteiger partial charge on any atom is 0.339 e. The molecule has 0 radical (unpaired) electrons. The first kappa shape index (κ1) is 16.4. The molecule has 1 aliphatic rings. The fourth-order valence-electron chi connectivity index (χ4n) is 1.97. The normalized spacial score (nSPS) is 16.7. The van der Waals surface area contributed by atoms with Gasteiger partial charge >= 0.3 is 5.97 Å². The predicted octanol–water partition coefficient (Wildman–Crippen LogP) is 1.65. The van der Waals surface area contributed by atoms with Crippen molar-refractivity contribution in [1.29, 1.82) is 0 Å². The summed E-state index contributed by atoms with van der Waals surface area (Å²) in [7, 11) is -3.63. The minimum atomic E-state index is -3.63. The van der Waals surface area contributed by atoms with Crippen LogP contribution in [0.25, 0.3) is 0 Å². The summed E-state index contributed by atoms with van der Waals surface area (Å²) < 4.78 is 37.0. The maximum absolute atomic E-state index is 12.5. The highest BCUT2D eigenvalue weighted by Gasteiger charge is 2.27. The van der Waals surface area contributed by atoms with Crippen LogP contribution in [0.15, 0.2) is 27.6 Å². The average Bonchev–Trinajstić information content (AvgIpc) is 2.48. The third-order valence-corrected chi connectivity index (χ3v) is 5.63. The zero-order valence-corrected chi connectivity index (χ0v) is 13.9. The lowest BCUT2D eigenvalue weighted by molar-refractivity contribution is 0.0525. The molecule has 0 aromatic heterocycles. The number of carbonyl (C=O) groups excluding carboxylic acids is 1. The number of sulfonamides is 1. The van der Waals surface area contributed by atoms with Crippen molar-refractivity contribution in [2.75, 3.05) is 32.9 Å². The van der Waals surface area contributed by atoms with E-state index in [1.54, 1.807) is 13.0 Å². The summed E-state index contributed by atoms with van der Waals surface area (Å²) in [6, 6.07) is 4.35. The van der Waals surface area contributed by atoms with Gasteiger partial charge in [0.15, 0.2) is 0 Å². The van der Waals surface area contributed by atoms with Gasteiger partial charge in [-0.1, -0.05) is 0 Å². The van der Waals surface area contributed by atoms with Gasteiger partial charge in [0.1, 0.15) is 0 Å². The Labute approximate surface area is 132 Å². The minimum Gasteiger partial charge on any atom is -0.462 e. The molecule has 0 spiro atoms. The molecule has 0 atom stereocenters. The molecule has 1 aliphatic heterocycles. The number of hydrogen-bond donors (Lipinski definition) is 0. The van der Waals surface area contributed by atoms with Gasteiger partial charge in [0.2, 0.25) is 10.0 Å². The van der Waals surface area contributed by atoms with Gasteiger partial charge in [0, 0.05) is 17.6 Å². The van der Waals surface area contributed by atoms with Crippen molar-refractivity contribution in [2.45, 2.75) is 11.8 Å². The Bertz CT molecular complexity index is 625. The van der Waals surface area contributed by atoms with Crippen molar-refractivity contribution in [1.82, 2.24) is 4.31 Å². The number of nitrogens with zero attached hydrogens (tertiary/aromatic N) is 1. The van der Waals surface area contributed by atoms with E-state index >= 15 is 0 Å². The van der Waals surface area contributed by atoms with Crippen LogP contribution in [0.4, 0.5) is 0 Å². The lowest BCUT2D eigenvalue weighted by atomic mass is 10.2. The highest BCUT2D eigenvalue weighted by atomic mass is 79.9. The largest absolute Gasteiger partial charge is 0.462 e. The Morgan fingerprint density at radius 2 is 2.05 bits per heavy atom. The van der Waals surface area contributed by atoms with E-state index in [1.165, 1.54) is 16.4 Å². The fraction of sp³-hybridized carbons (Fsp3) is 0.462. The van der Waals surface area contributed by atoms with Gasteiger partial charge in [-0.15, -0.1) is 0 Å². The molecule has 0 amide bonds. The van der Waals surface area contributed by atoms with Crippen LogP contribution in [0.1, 0.15) is 17.3 Å². The molecule has 0 unspecified atom stereocenters. The van der Waals surface area contributed by atoms with Crippen LogP contribution in [-0.2, 0) is 19.5 Å². The second-order valence-electron chi connectivity index (χ2n) is 4.38. The number of esters is 1. The van der Waals surface area contributed by atoms with Crippen molar-refractivity contribution < 1.29 is 22.7 Å². The molecule has 6 nitrogen and oxygen atoms in total. The van der Waals surface area contributed by atoms with E-state index in [9.17, 15) is 13.2 Å². The zero-order chi connectivity index (χ0) is 15.5. The van der Waals surface area contributed by atoms with E-state index in [-0.39, 0.29) is 17.1 Å². The van der Waals surface area contributed by atoms with Gasteiger partial charge in [0.05, 0.1) is 30.3 Å². The van der Waals surface area contributed by atoms with E-state index in [0.717, 1.165) is 0 Å². The van der Waals surface area contributed by atoms with Crippen LogP contribution in [0, 0.1) is 0 Å². The molecule has 1 aromatic rings. The van der Waals surface area contributed by atoms with E-state index < -0.39 is 16.0 Å². The third-order valence-electron chi connectivity index (χ3n) is 3.04. The lowest BCUT2D eigenvalue weighted by Crippen LogP contribution is -2.40. The Morgan fingerprint density at radius 1 is 1.38 bits per heavy atom. The van der Waals surface area contributed by atoms with Crippen molar-refractivity contribution in [3.63, 3.8) is 0 Å². The number of halogens is 1. The lowest BCUT2D eigenvalue weighted by Gasteiger charge is -2.26. The van der Waals surface area contributed by atoms with Crippen molar-refractivity contribution in [3.05, 3.63) is 28.2 Å². The molecule has 0 saturated carbocycles. The first-order valence-electron chi connectivity index (χ1n) is 6.51. The van der Waals surface area contributed by atoms with Crippen LogP contribution in [-0.4, -0.2) is 51.6 Å². The van der Waals surface area contributed by atoms with Crippen LogP contribution >= 0.6 is 15.9 Å². The van der Waals surface area contributed by atoms with Crippen LogP contribution in [0.5, 0.6) is 0 Å². The number of ether oxygens (including phenoxy) is 2. The van der Waals surface area contributed by atoms with Gasteiger partial charge in [-0.3, -0.25) is 0 Å². The Hall–Kier alpha value is -0.960. The molecule has 1 fully saturated rings. The van der Waals surface area contributed by atoms with Gasteiger partial charge in [-0.2, -0.15) is 4.31 Å². The number of benzene rings is 1. The summed E-state index contributed by atoms with van der Waals surface area (Å²) in [4.78, 5) is 11.9. The summed E-state index contributed by atoms with van der Waals surface area (Å²) in [6.45, 7) is 3.30. The smallest absolute Gasteiger partial charge is 0.339 e. The van der Waals surface area contributed by atoms with Crippen LogP contribution < -0.4 is 0 Å². The average molecular weight is 378 g/mol. The molecule has 8 heteroatoms. The quantitative estimate of drug-likeness (QED) is 0.745. The molecule has 0 bridgehead atoms. The molecular weight excluding hydrogens is 362 g/mol. The van der Waals surface area contributed by atoms with E-state index in [2.05, 4.69) is 15.9 Å². The molecule has 2 rings (SSSR count). The van der Waals surface area contributed by atoms with Gasteiger partial charge < -0.3 is 9.47 Å². The molecule has 0 aliphatic carbocycles. The van der Waals surface area contributed by atoms with Crippen molar-refractivity contribution >= 4 is 31.9 Å². The molecule has 21 heavy (non-hydrogen) atoms. The standard InChI is InChI=1S/C13H16BrNO5S/c1-2-20-13(16)11-9-10(3-4-12(11)14)21(17,18)15-5-7-19-8-6-15/h3-4,9H,2,5-8H2,1H3. The monoisotopic (exact) mass is 377 g/mol. The zero-order valence-electron chi connectivity index (χ0n) is 11.5. The van der Waals surface area contributed by atoms with Gasteiger partial charge in [0.25, 0.3) is 0 Å². The molecule has 0 N–H and O–H groups in total. The van der Waals surface area contributed by atoms with Gasteiger partial charge in [-0.05, 0) is 41.1 Å². The van der Waals surface area contributed by atoms with Crippen molar-refractivity contribution in [3.8, 4) is 0 Å². The fourth-order valence-corrected chi connectivity index (χ4v) is 3.81. The Kier molecular flexibility index (Phi) is 5.37. The Balaban J connectivity index is 2.35. The minimum absolute atomic E-state index is 0.0793. The Morgan fingerprint density at radius 3 is 2.67 bits per heavy atom. The number of hydrogen-bond acceptors (Lipinski definition) is 5. The summed E-state index contributed by atoms with van der Waals surface area (Å²) >= 11 is 3.23. The summed E-state index contributed by atoms with van der Waals surface area (Å²) in [5.41, 5.74) is 0.200. The van der Waals surface area contributed by atoms with E-state index in [4.69, 9.17) is 9.47 Å². The van der Waals surface area contributed by atoms with Gasteiger partial charge in [-0.25, -0.2) is 13.2 Å². The molecule has 116 valence electrons. The summed E-state index contributed by atoms with van der Waals surface area (Å²) in [5.74, 6) is -0.552. The predicted molar refractivity (Wildman–Crippen MR) is 79.7 cm³/mol. The number of carbonyl (C=O) groups is 1. The SMILES string of the molecule is CCOC(=O)c1cc(S(=O)(=O)N2CCOCC2)ccc1Br. The maximum atomic E-state index is 12.5. The summed E-state index contributed by atoms with van der Waals surface area (Å²) in [5, 5.41) is 0. The first-order valence-corrected chi connectivity index (χ1v) is 8.74. The summed E-state index contributed by atoms with van der Waals surface area (Å²) in [6.07, 6.45) is 0. The molecule has 1 saturated heterocycles. The van der Waals surface area contributed by atoms with E-state index in [1.807, 2.05) is 0 Å². The highest BCUT2D eigenvalue weighted by molar-refractivity contribution is 9.10. The van der Waals surface area contributed by atoms with E-state index in [0.29, 0.717) is 30.8 Å². The molecule has 1 heterocycles. The van der Waals surface area contributed by atoms with Crippen LogP contribution in [0.3, 0.4) is 0 Å². The van der Waals surface area contributed by atoms with Crippen LogP contribution in [0.2, 0.25) is 0 Å². The topological polar surface area (TPSA) is 72.9 Å². The molecule has 1 aromatic carbocycles. The third kappa shape index (κ3) is 3.63.